The van der Waals surface area contributed by atoms with Crippen molar-refractivity contribution < 1.29 is 14.4 Å². The molecule has 0 saturated heterocycles. The van der Waals surface area contributed by atoms with Gasteiger partial charge < -0.3 is 10.2 Å². The van der Waals surface area contributed by atoms with Crippen molar-refractivity contribution in [3.8, 4) is 0 Å². The molecule has 6 nitrogen and oxygen atoms in total. The van der Waals surface area contributed by atoms with Crippen molar-refractivity contribution >= 4 is 29.4 Å². The summed E-state index contributed by atoms with van der Waals surface area (Å²) in [5.41, 5.74) is 1.41. The molecule has 0 aromatic heterocycles. The van der Waals surface area contributed by atoms with Gasteiger partial charge in [0, 0.05) is 24.1 Å². The molecule has 100 valence electrons. The maximum absolute atomic E-state index is 12.0. The number of halogens is 1. The van der Waals surface area contributed by atoms with Crippen LogP contribution >= 0.6 is 11.6 Å². The third-order valence-electron chi connectivity index (χ3n) is 2.67. The first-order valence-corrected chi connectivity index (χ1v) is 5.98. The molecule has 0 atom stereocenters. The van der Waals surface area contributed by atoms with Crippen molar-refractivity contribution in [2.24, 2.45) is 0 Å². The van der Waals surface area contributed by atoms with Gasteiger partial charge in [0.25, 0.3) is 5.91 Å². The van der Waals surface area contributed by atoms with Gasteiger partial charge in [-0.05, 0) is 17.7 Å². The zero-order chi connectivity index (χ0) is 14.0. The van der Waals surface area contributed by atoms with Crippen LogP contribution in [0.1, 0.15) is 22.8 Å². The van der Waals surface area contributed by atoms with Crippen LogP contribution in [0.4, 0.5) is 4.79 Å². The van der Waals surface area contributed by atoms with E-state index in [9.17, 15) is 14.4 Å². The van der Waals surface area contributed by atoms with E-state index in [1.54, 1.807) is 18.2 Å². The minimum absolute atomic E-state index is 0.0320. The van der Waals surface area contributed by atoms with Crippen molar-refractivity contribution in [3.05, 3.63) is 34.3 Å². The number of nitrogens with zero attached hydrogens (tertiary/aromatic N) is 1. The Hall–Kier alpha value is -2.08. The van der Waals surface area contributed by atoms with Crippen LogP contribution in [0.25, 0.3) is 0 Å². The third-order valence-corrected chi connectivity index (χ3v) is 2.91. The van der Waals surface area contributed by atoms with Crippen molar-refractivity contribution in [1.29, 1.82) is 0 Å². The number of imide groups is 1. The molecule has 1 aliphatic heterocycles. The molecule has 0 radical (unpaired) electrons. The smallest absolute Gasteiger partial charge is 0.320 e. The third kappa shape index (κ3) is 3.03. The highest BCUT2D eigenvalue weighted by molar-refractivity contribution is 6.31. The van der Waals surface area contributed by atoms with Gasteiger partial charge in [-0.3, -0.25) is 14.9 Å². The molecule has 1 aliphatic rings. The number of amides is 4. The lowest BCUT2D eigenvalue weighted by atomic mass is 10.1. The zero-order valence-corrected chi connectivity index (χ0v) is 11.0. The van der Waals surface area contributed by atoms with Crippen molar-refractivity contribution in [2.75, 3.05) is 6.67 Å². The minimum atomic E-state index is -0.630. The second-order valence-electron chi connectivity index (χ2n) is 4.15. The first-order valence-electron chi connectivity index (χ1n) is 5.60. The maximum atomic E-state index is 12.0. The van der Waals surface area contributed by atoms with Gasteiger partial charge in [0.15, 0.2) is 0 Å². The highest BCUT2D eigenvalue weighted by Crippen LogP contribution is 2.24. The first kappa shape index (κ1) is 13.4. The second-order valence-corrected chi connectivity index (χ2v) is 4.59. The highest BCUT2D eigenvalue weighted by atomic mass is 35.5. The Balaban J connectivity index is 1.97. The first-order chi connectivity index (χ1) is 8.97. The molecule has 7 heteroatoms. The number of hydrogen-bond donors (Lipinski definition) is 2. The molecule has 0 saturated carbocycles. The Morgan fingerprint density at radius 2 is 2.16 bits per heavy atom. The summed E-state index contributed by atoms with van der Waals surface area (Å²) in [5, 5.41) is 5.00. The largest absolute Gasteiger partial charge is 0.322 e. The van der Waals surface area contributed by atoms with Gasteiger partial charge in [0.1, 0.15) is 0 Å². The Labute approximate surface area is 114 Å². The monoisotopic (exact) mass is 281 g/mol. The molecule has 0 spiro atoms. The lowest BCUT2D eigenvalue weighted by Gasteiger charge is -2.16. The fourth-order valence-electron chi connectivity index (χ4n) is 1.83. The number of benzene rings is 1. The van der Waals surface area contributed by atoms with Gasteiger partial charge in [-0.15, -0.1) is 0 Å². The Morgan fingerprint density at radius 3 is 2.84 bits per heavy atom. The summed E-state index contributed by atoms with van der Waals surface area (Å²) in [4.78, 5) is 35.4. The SMILES string of the molecule is CC(=O)NC(=O)NCN1Cc2ccc(Cl)cc2C1=O. The molecule has 19 heavy (non-hydrogen) atoms. The maximum Gasteiger partial charge on any atom is 0.322 e. The summed E-state index contributed by atoms with van der Waals surface area (Å²) in [6.45, 7) is 1.67. The Bertz CT molecular complexity index is 559. The quantitative estimate of drug-likeness (QED) is 0.852. The van der Waals surface area contributed by atoms with Crippen molar-refractivity contribution in [1.82, 2.24) is 15.5 Å². The molecule has 1 aromatic rings. The predicted octanol–water partition coefficient (Wildman–Crippen LogP) is 1.10. The number of fused-ring (bicyclic) bond motifs is 1. The lowest BCUT2D eigenvalue weighted by molar-refractivity contribution is -0.117. The summed E-state index contributed by atoms with van der Waals surface area (Å²) < 4.78 is 0. The fraction of sp³-hybridized carbons (Fsp3) is 0.250. The van der Waals surface area contributed by atoms with E-state index in [1.165, 1.54) is 11.8 Å². The average Bonchev–Trinajstić information content (AvgIpc) is 2.63. The predicted molar refractivity (Wildman–Crippen MR) is 68.5 cm³/mol. The fourth-order valence-corrected chi connectivity index (χ4v) is 2.00. The van der Waals surface area contributed by atoms with E-state index in [1.807, 2.05) is 0 Å². The Kier molecular flexibility index (Phi) is 3.71. The van der Waals surface area contributed by atoms with Crippen LogP contribution in [0.15, 0.2) is 18.2 Å². The lowest BCUT2D eigenvalue weighted by Crippen LogP contribution is -2.44. The molecule has 1 heterocycles. The molecule has 1 aromatic carbocycles. The molecular formula is C12H12ClN3O3. The number of rotatable bonds is 2. The minimum Gasteiger partial charge on any atom is -0.320 e. The number of urea groups is 1. The van der Waals surface area contributed by atoms with E-state index in [0.717, 1.165) is 5.56 Å². The summed E-state index contributed by atoms with van der Waals surface area (Å²) in [6.07, 6.45) is 0. The van der Waals surface area contributed by atoms with Gasteiger partial charge >= 0.3 is 6.03 Å². The van der Waals surface area contributed by atoms with Crippen molar-refractivity contribution in [3.63, 3.8) is 0 Å². The number of nitrogens with one attached hydrogen (secondary N) is 2. The summed E-state index contributed by atoms with van der Waals surface area (Å²) >= 11 is 5.83. The van der Waals surface area contributed by atoms with Crippen LogP contribution in [0.3, 0.4) is 0 Å². The van der Waals surface area contributed by atoms with E-state index in [4.69, 9.17) is 11.6 Å². The van der Waals surface area contributed by atoms with Crippen LogP contribution in [-0.4, -0.2) is 29.4 Å². The number of carbonyl (C=O) groups excluding carboxylic acids is 3. The van der Waals surface area contributed by atoms with Crippen LogP contribution in [0, 0.1) is 0 Å². The van der Waals surface area contributed by atoms with Crippen LogP contribution in [-0.2, 0) is 11.3 Å². The van der Waals surface area contributed by atoms with Crippen LogP contribution in [0.2, 0.25) is 5.02 Å². The number of hydrogen-bond acceptors (Lipinski definition) is 3. The molecule has 0 unspecified atom stereocenters. The van der Waals surface area contributed by atoms with E-state index >= 15 is 0 Å². The van der Waals surface area contributed by atoms with Gasteiger partial charge in [0.2, 0.25) is 5.91 Å². The second kappa shape index (κ2) is 5.27. The molecular weight excluding hydrogens is 270 g/mol. The van der Waals surface area contributed by atoms with Gasteiger partial charge in [-0.2, -0.15) is 0 Å². The molecule has 0 fully saturated rings. The molecule has 2 N–H and O–H groups in total. The van der Waals surface area contributed by atoms with E-state index < -0.39 is 11.9 Å². The van der Waals surface area contributed by atoms with Gasteiger partial charge in [0.05, 0.1) is 6.67 Å². The number of carbonyl (C=O) groups is 3. The Morgan fingerprint density at radius 1 is 1.42 bits per heavy atom. The standard InChI is InChI=1S/C12H12ClN3O3/c1-7(17)15-12(19)14-6-16-5-8-2-3-9(13)4-10(8)11(16)18/h2-4H,5-6H2,1H3,(H2,14,15,17,19). The van der Waals surface area contributed by atoms with Crippen molar-refractivity contribution in [2.45, 2.75) is 13.5 Å². The van der Waals surface area contributed by atoms with E-state index in [-0.39, 0.29) is 12.6 Å². The summed E-state index contributed by atoms with van der Waals surface area (Å²) in [7, 11) is 0. The van der Waals surface area contributed by atoms with Crippen LogP contribution in [0.5, 0.6) is 0 Å². The molecule has 0 aliphatic carbocycles. The molecule has 0 bridgehead atoms. The van der Waals surface area contributed by atoms with Gasteiger partial charge in [-0.25, -0.2) is 4.79 Å². The zero-order valence-electron chi connectivity index (χ0n) is 10.2. The topological polar surface area (TPSA) is 78.5 Å². The van der Waals surface area contributed by atoms with E-state index in [2.05, 4.69) is 10.6 Å². The normalized spacial score (nSPS) is 13.2. The molecule has 2 rings (SSSR count). The summed E-state index contributed by atoms with van der Waals surface area (Å²) in [5.74, 6) is -0.652. The highest BCUT2D eigenvalue weighted by Gasteiger charge is 2.27. The van der Waals surface area contributed by atoms with Gasteiger partial charge in [-0.1, -0.05) is 17.7 Å². The molecule has 4 amide bonds. The van der Waals surface area contributed by atoms with E-state index in [0.29, 0.717) is 17.1 Å². The summed E-state index contributed by atoms with van der Waals surface area (Å²) in [6, 6.07) is 4.47. The average molecular weight is 282 g/mol. The van der Waals surface area contributed by atoms with Crippen LogP contribution < -0.4 is 10.6 Å².